The third-order valence-corrected chi connectivity index (χ3v) is 3.00. The molecule has 0 radical (unpaired) electrons. The van der Waals surface area contributed by atoms with E-state index in [1.54, 1.807) is 18.2 Å². The summed E-state index contributed by atoms with van der Waals surface area (Å²) in [5.41, 5.74) is 1.76. The summed E-state index contributed by atoms with van der Waals surface area (Å²) in [6.07, 6.45) is 1.94. The normalized spacial score (nSPS) is 10.9. The van der Waals surface area contributed by atoms with Crippen molar-refractivity contribution in [2.45, 2.75) is 33.0 Å². The van der Waals surface area contributed by atoms with Gasteiger partial charge >= 0.3 is 0 Å². The largest absolute Gasteiger partial charge is 0.307 e. The Labute approximate surface area is 117 Å². The minimum atomic E-state index is -0.357. The predicted octanol–water partition coefficient (Wildman–Crippen LogP) is 2.66. The molecule has 0 amide bonds. The van der Waals surface area contributed by atoms with E-state index in [0.717, 1.165) is 5.69 Å². The molecule has 0 atom stereocenters. The Balaban J connectivity index is 1.94. The van der Waals surface area contributed by atoms with Gasteiger partial charge in [0.05, 0.1) is 10.6 Å². The van der Waals surface area contributed by atoms with Gasteiger partial charge in [0, 0.05) is 37.0 Å². The lowest BCUT2D eigenvalue weighted by molar-refractivity contribution is -0.385. The minimum Gasteiger partial charge on any atom is -0.307 e. The van der Waals surface area contributed by atoms with Crippen LogP contribution in [-0.2, 0) is 13.1 Å². The average molecular weight is 274 g/mol. The average Bonchev–Trinajstić information content (AvgIpc) is 2.88. The van der Waals surface area contributed by atoms with E-state index in [9.17, 15) is 10.1 Å². The van der Waals surface area contributed by atoms with Crippen molar-refractivity contribution in [3.8, 4) is 0 Å². The van der Waals surface area contributed by atoms with Crippen LogP contribution in [-0.4, -0.2) is 14.7 Å². The van der Waals surface area contributed by atoms with Crippen LogP contribution in [0.5, 0.6) is 0 Å². The first kappa shape index (κ1) is 14.2. The second kappa shape index (κ2) is 6.29. The summed E-state index contributed by atoms with van der Waals surface area (Å²) < 4.78 is 1.89. The van der Waals surface area contributed by atoms with Gasteiger partial charge in [-0.2, -0.15) is 5.10 Å². The van der Waals surface area contributed by atoms with Crippen LogP contribution in [0, 0.1) is 10.1 Å². The smallest absolute Gasteiger partial charge is 0.273 e. The second-order valence-corrected chi connectivity index (χ2v) is 4.87. The van der Waals surface area contributed by atoms with Crippen LogP contribution in [0.25, 0.3) is 0 Å². The molecule has 0 saturated carbocycles. The highest BCUT2D eigenvalue weighted by atomic mass is 16.6. The van der Waals surface area contributed by atoms with Gasteiger partial charge in [0.15, 0.2) is 0 Å². The van der Waals surface area contributed by atoms with E-state index in [-0.39, 0.29) is 10.6 Å². The first-order chi connectivity index (χ1) is 9.58. The predicted molar refractivity (Wildman–Crippen MR) is 76.3 cm³/mol. The van der Waals surface area contributed by atoms with Crippen molar-refractivity contribution >= 4 is 5.69 Å². The molecule has 1 aromatic carbocycles. The summed E-state index contributed by atoms with van der Waals surface area (Å²) in [7, 11) is 0. The van der Waals surface area contributed by atoms with Gasteiger partial charge < -0.3 is 5.32 Å². The molecule has 2 aromatic rings. The van der Waals surface area contributed by atoms with Gasteiger partial charge in [0.2, 0.25) is 0 Å². The molecule has 0 aliphatic rings. The number of nitrogens with zero attached hydrogens (tertiary/aromatic N) is 3. The molecule has 0 fully saturated rings. The first-order valence-corrected chi connectivity index (χ1v) is 6.55. The molecule has 1 aromatic heterocycles. The molecule has 1 N–H and O–H groups in total. The summed E-state index contributed by atoms with van der Waals surface area (Å²) in [6, 6.07) is 9.04. The van der Waals surface area contributed by atoms with Gasteiger partial charge in [0.25, 0.3) is 5.69 Å². The second-order valence-electron chi connectivity index (χ2n) is 4.87. The van der Waals surface area contributed by atoms with E-state index < -0.39 is 0 Å². The van der Waals surface area contributed by atoms with Crippen molar-refractivity contribution in [3.63, 3.8) is 0 Å². The molecule has 0 aliphatic heterocycles. The fourth-order valence-corrected chi connectivity index (χ4v) is 1.92. The Morgan fingerprint density at radius 1 is 1.30 bits per heavy atom. The molecule has 0 bridgehead atoms. The lowest BCUT2D eigenvalue weighted by Gasteiger charge is -2.05. The summed E-state index contributed by atoms with van der Waals surface area (Å²) >= 11 is 0. The highest BCUT2D eigenvalue weighted by molar-refractivity contribution is 5.39. The maximum atomic E-state index is 10.9. The topological polar surface area (TPSA) is 73.0 Å². The van der Waals surface area contributed by atoms with Crippen molar-refractivity contribution < 1.29 is 4.92 Å². The third kappa shape index (κ3) is 3.42. The Kier molecular flexibility index (Phi) is 4.47. The number of nitro groups is 1. The lowest BCUT2D eigenvalue weighted by Crippen LogP contribution is -2.14. The van der Waals surface area contributed by atoms with Crippen LogP contribution in [0.3, 0.4) is 0 Å². The molecule has 106 valence electrons. The fraction of sp³-hybridized carbons (Fsp3) is 0.357. The van der Waals surface area contributed by atoms with Gasteiger partial charge in [-0.15, -0.1) is 0 Å². The number of para-hydroxylation sites is 1. The highest BCUT2D eigenvalue weighted by Gasteiger charge is 2.11. The van der Waals surface area contributed by atoms with Crippen LogP contribution >= 0.6 is 0 Å². The van der Waals surface area contributed by atoms with E-state index in [0.29, 0.717) is 24.7 Å². The fourth-order valence-electron chi connectivity index (χ4n) is 1.92. The lowest BCUT2D eigenvalue weighted by atomic mass is 10.2. The van der Waals surface area contributed by atoms with Gasteiger partial charge in [0.1, 0.15) is 0 Å². The van der Waals surface area contributed by atoms with Gasteiger partial charge in [-0.25, -0.2) is 0 Å². The summed E-state index contributed by atoms with van der Waals surface area (Å²) in [4.78, 5) is 10.5. The molecular formula is C14H18N4O2. The molecule has 0 unspecified atom stereocenters. The number of rotatable bonds is 6. The van der Waals surface area contributed by atoms with E-state index in [1.165, 1.54) is 6.07 Å². The van der Waals surface area contributed by atoms with E-state index in [1.807, 2.05) is 16.9 Å². The quantitative estimate of drug-likeness (QED) is 0.649. The van der Waals surface area contributed by atoms with Crippen LogP contribution < -0.4 is 5.32 Å². The third-order valence-electron chi connectivity index (χ3n) is 3.00. The van der Waals surface area contributed by atoms with Crippen molar-refractivity contribution in [2.24, 2.45) is 0 Å². The van der Waals surface area contributed by atoms with Crippen LogP contribution in [0.2, 0.25) is 0 Å². The number of nitrogens with one attached hydrogen (secondary N) is 1. The standard InChI is InChI=1S/C14H18N4O2/c1-11(2)17-8-7-13(16-17)10-15-9-12-5-3-4-6-14(12)18(19)20/h3-8,11,15H,9-10H2,1-2H3. The van der Waals surface area contributed by atoms with Gasteiger partial charge in [-0.3, -0.25) is 14.8 Å². The number of benzene rings is 1. The molecule has 6 nitrogen and oxygen atoms in total. The number of aromatic nitrogens is 2. The highest BCUT2D eigenvalue weighted by Crippen LogP contribution is 2.17. The van der Waals surface area contributed by atoms with Crippen molar-refractivity contribution in [1.82, 2.24) is 15.1 Å². The van der Waals surface area contributed by atoms with Gasteiger partial charge in [-0.1, -0.05) is 18.2 Å². The van der Waals surface area contributed by atoms with Crippen LogP contribution in [0.4, 0.5) is 5.69 Å². The molecule has 1 heterocycles. The zero-order valence-electron chi connectivity index (χ0n) is 11.6. The summed E-state index contributed by atoms with van der Waals surface area (Å²) in [6.45, 7) is 5.17. The zero-order chi connectivity index (χ0) is 14.5. The SMILES string of the molecule is CC(C)n1ccc(CNCc2ccccc2[N+](=O)[O-])n1. The zero-order valence-corrected chi connectivity index (χ0v) is 11.6. The van der Waals surface area contributed by atoms with Crippen molar-refractivity contribution in [2.75, 3.05) is 0 Å². The number of hydrogen-bond acceptors (Lipinski definition) is 4. The molecule has 0 aliphatic carbocycles. The number of nitro benzene ring substituents is 1. The Hall–Kier alpha value is -2.21. The molecule has 0 saturated heterocycles. The number of hydrogen-bond donors (Lipinski definition) is 1. The molecule has 6 heteroatoms. The van der Waals surface area contributed by atoms with Crippen molar-refractivity contribution in [1.29, 1.82) is 0 Å². The summed E-state index contributed by atoms with van der Waals surface area (Å²) in [5, 5.41) is 18.5. The summed E-state index contributed by atoms with van der Waals surface area (Å²) in [5.74, 6) is 0. The Morgan fingerprint density at radius 2 is 2.05 bits per heavy atom. The maximum absolute atomic E-state index is 10.9. The molecule has 20 heavy (non-hydrogen) atoms. The van der Waals surface area contributed by atoms with E-state index in [4.69, 9.17) is 0 Å². The monoisotopic (exact) mass is 274 g/mol. The van der Waals surface area contributed by atoms with Crippen LogP contribution in [0.15, 0.2) is 36.5 Å². The van der Waals surface area contributed by atoms with E-state index in [2.05, 4.69) is 24.3 Å². The van der Waals surface area contributed by atoms with E-state index >= 15 is 0 Å². The van der Waals surface area contributed by atoms with Crippen molar-refractivity contribution in [3.05, 3.63) is 57.9 Å². The molecular weight excluding hydrogens is 256 g/mol. The maximum Gasteiger partial charge on any atom is 0.273 e. The Bertz CT molecular complexity index is 592. The van der Waals surface area contributed by atoms with Crippen LogP contribution in [0.1, 0.15) is 31.1 Å². The molecule has 0 spiro atoms. The minimum absolute atomic E-state index is 0.146. The Morgan fingerprint density at radius 3 is 2.70 bits per heavy atom. The first-order valence-electron chi connectivity index (χ1n) is 6.55. The molecule has 2 rings (SSSR count). The van der Waals surface area contributed by atoms with Gasteiger partial charge in [-0.05, 0) is 19.9 Å².